The highest BCUT2D eigenvalue weighted by Crippen LogP contribution is 2.22. The second-order valence-electron chi connectivity index (χ2n) is 5.13. The number of Topliss-reactive ketones (excluding diaryl/α,β-unsaturated/α-hetero) is 1. The molecular formula is C18H26O2. The number of carbonyl (C=O) groups excluding carboxylic acids is 1. The van der Waals surface area contributed by atoms with Gasteiger partial charge in [-0.15, -0.1) is 6.58 Å². The lowest BCUT2D eigenvalue weighted by atomic mass is 10.0. The first-order chi connectivity index (χ1) is 9.69. The number of allylic oxidation sites excluding steroid dienone is 1. The van der Waals surface area contributed by atoms with Gasteiger partial charge in [-0.3, -0.25) is 4.79 Å². The summed E-state index contributed by atoms with van der Waals surface area (Å²) in [5, 5.41) is 0. The van der Waals surface area contributed by atoms with Gasteiger partial charge in [0.15, 0.2) is 5.78 Å². The van der Waals surface area contributed by atoms with E-state index in [1.54, 1.807) is 6.92 Å². The van der Waals surface area contributed by atoms with Crippen LogP contribution >= 0.6 is 0 Å². The van der Waals surface area contributed by atoms with Gasteiger partial charge in [0.2, 0.25) is 0 Å². The van der Waals surface area contributed by atoms with Crippen LogP contribution in [-0.2, 0) is 6.42 Å². The zero-order chi connectivity index (χ0) is 14.8. The second kappa shape index (κ2) is 9.35. The number of hydrogen-bond donors (Lipinski definition) is 0. The van der Waals surface area contributed by atoms with Gasteiger partial charge in [-0.2, -0.15) is 0 Å². The number of rotatable bonds is 10. The van der Waals surface area contributed by atoms with Crippen molar-refractivity contribution in [2.75, 3.05) is 6.61 Å². The van der Waals surface area contributed by atoms with Crippen molar-refractivity contribution in [3.8, 4) is 5.75 Å². The zero-order valence-electron chi connectivity index (χ0n) is 12.8. The highest BCUT2D eigenvalue weighted by atomic mass is 16.5. The summed E-state index contributed by atoms with van der Waals surface area (Å²) < 4.78 is 5.85. The van der Waals surface area contributed by atoms with E-state index < -0.39 is 0 Å². The number of ether oxygens (including phenoxy) is 1. The number of unbranched alkanes of at least 4 members (excludes halogenated alkanes) is 4. The normalized spacial score (nSPS) is 10.3. The first-order valence-electron chi connectivity index (χ1n) is 7.56. The third-order valence-corrected chi connectivity index (χ3v) is 3.34. The molecule has 0 amide bonds. The van der Waals surface area contributed by atoms with E-state index in [1.807, 2.05) is 24.3 Å². The van der Waals surface area contributed by atoms with Crippen LogP contribution in [0.5, 0.6) is 5.75 Å². The average Bonchev–Trinajstić information content (AvgIpc) is 2.44. The minimum atomic E-state index is 0.0847. The zero-order valence-corrected chi connectivity index (χ0v) is 12.8. The Bertz CT molecular complexity index is 435. The maximum absolute atomic E-state index is 11.4. The molecule has 110 valence electrons. The third-order valence-electron chi connectivity index (χ3n) is 3.34. The molecule has 1 aromatic carbocycles. The first kappa shape index (κ1) is 16.5. The topological polar surface area (TPSA) is 26.3 Å². The Morgan fingerprint density at radius 2 is 2.00 bits per heavy atom. The first-order valence-corrected chi connectivity index (χ1v) is 7.56. The van der Waals surface area contributed by atoms with Crippen LogP contribution in [0, 0.1) is 0 Å². The van der Waals surface area contributed by atoms with Gasteiger partial charge >= 0.3 is 0 Å². The number of hydrogen-bond acceptors (Lipinski definition) is 2. The molecule has 0 fully saturated rings. The van der Waals surface area contributed by atoms with Crippen LogP contribution in [0.3, 0.4) is 0 Å². The predicted molar refractivity (Wildman–Crippen MR) is 84.6 cm³/mol. The van der Waals surface area contributed by atoms with Crippen molar-refractivity contribution >= 4 is 5.78 Å². The van der Waals surface area contributed by atoms with E-state index in [2.05, 4.69) is 13.5 Å². The van der Waals surface area contributed by atoms with Crippen molar-refractivity contribution in [3.63, 3.8) is 0 Å². The van der Waals surface area contributed by atoms with Gasteiger partial charge in [-0.1, -0.05) is 38.7 Å². The van der Waals surface area contributed by atoms with Crippen LogP contribution in [-0.4, -0.2) is 12.4 Å². The molecule has 0 aliphatic heterocycles. The molecule has 2 nitrogen and oxygen atoms in total. The van der Waals surface area contributed by atoms with Gasteiger partial charge in [-0.05, 0) is 43.5 Å². The standard InChI is InChI=1S/C18H26O2/c1-4-6-7-8-9-13-20-18-12-11-16(15(3)19)14-17(18)10-5-2/h5,11-12,14H,2,4,6-10,13H2,1,3H3. The molecule has 0 aliphatic rings. The van der Waals surface area contributed by atoms with Crippen LogP contribution in [0.25, 0.3) is 0 Å². The minimum Gasteiger partial charge on any atom is -0.493 e. The van der Waals surface area contributed by atoms with Gasteiger partial charge in [0, 0.05) is 5.56 Å². The maximum atomic E-state index is 11.4. The van der Waals surface area contributed by atoms with Crippen molar-refractivity contribution in [2.45, 2.75) is 52.4 Å². The molecule has 0 saturated heterocycles. The van der Waals surface area contributed by atoms with E-state index in [9.17, 15) is 4.79 Å². The molecule has 0 atom stereocenters. The smallest absolute Gasteiger partial charge is 0.159 e. The SMILES string of the molecule is C=CCc1cc(C(C)=O)ccc1OCCCCCCC. The Labute approximate surface area is 122 Å². The van der Waals surface area contributed by atoms with E-state index in [4.69, 9.17) is 4.74 Å². The monoisotopic (exact) mass is 274 g/mol. The van der Waals surface area contributed by atoms with Crippen LogP contribution in [0.2, 0.25) is 0 Å². The number of benzene rings is 1. The summed E-state index contributed by atoms with van der Waals surface area (Å²) in [6, 6.07) is 5.65. The van der Waals surface area contributed by atoms with Gasteiger partial charge in [0.1, 0.15) is 5.75 Å². The van der Waals surface area contributed by atoms with Gasteiger partial charge < -0.3 is 4.74 Å². The lowest BCUT2D eigenvalue weighted by Gasteiger charge is -2.11. The van der Waals surface area contributed by atoms with E-state index in [1.165, 1.54) is 25.7 Å². The van der Waals surface area contributed by atoms with Crippen LogP contribution < -0.4 is 4.74 Å². The van der Waals surface area contributed by atoms with Gasteiger partial charge in [0.25, 0.3) is 0 Å². The fraction of sp³-hybridized carbons (Fsp3) is 0.500. The number of carbonyl (C=O) groups is 1. The molecule has 0 unspecified atom stereocenters. The maximum Gasteiger partial charge on any atom is 0.159 e. The summed E-state index contributed by atoms with van der Waals surface area (Å²) in [6.07, 6.45) is 8.71. The number of ketones is 1. The van der Waals surface area contributed by atoms with E-state index in [0.29, 0.717) is 0 Å². The van der Waals surface area contributed by atoms with E-state index in [0.717, 1.165) is 36.3 Å². The second-order valence-corrected chi connectivity index (χ2v) is 5.13. The Hall–Kier alpha value is -1.57. The van der Waals surface area contributed by atoms with Crippen LogP contribution in [0.1, 0.15) is 61.9 Å². The summed E-state index contributed by atoms with van der Waals surface area (Å²) in [5.74, 6) is 0.965. The van der Waals surface area contributed by atoms with Crippen molar-refractivity contribution < 1.29 is 9.53 Å². The summed E-state index contributed by atoms with van der Waals surface area (Å²) >= 11 is 0. The average molecular weight is 274 g/mol. The fourth-order valence-corrected chi connectivity index (χ4v) is 2.14. The fourth-order valence-electron chi connectivity index (χ4n) is 2.14. The third kappa shape index (κ3) is 5.60. The molecule has 0 aromatic heterocycles. The van der Waals surface area contributed by atoms with Crippen molar-refractivity contribution in [2.24, 2.45) is 0 Å². The Morgan fingerprint density at radius 3 is 2.65 bits per heavy atom. The molecule has 1 aromatic rings. The highest BCUT2D eigenvalue weighted by molar-refractivity contribution is 5.94. The van der Waals surface area contributed by atoms with E-state index >= 15 is 0 Å². The van der Waals surface area contributed by atoms with Crippen LogP contribution in [0.4, 0.5) is 0 Å². The van der Waals surface area contributed by atoms with Gasteiger partial charge in [-0.25, -0.2) is 0 Å². The molecule has 0 saturated carbocycles. The summed E-state index contributed by atoms with van der Waals surface area (Å²) in [4.78, 5) is 11.4. The molecule has 0 heterocycles. The molecule has 0 spiro atoms. The Kier molecular flexibility index (Phi) is 7.71. The molecular weight excluding hydrogens is 248 g/mol. The Balaban J connectivity index is 2.55. The predicted octanol–water partition coefficient (Wildman–Crippen LogP) is 4.97. The Morgan fingerprint density at radius 1 is 1.25 bits per heavy atom. The molecule has 0 aliphatic carbocycles. The molecule has 1 rings (SSSR count). The highest BCUT2D eigenvalue weighted by Gasteiger charge is 2.06. The minimum absolute atomic E-state index is 0.0847. The van der Waals surface area contributed by atoms with Gasteiger partial charge in [0.05, 0.1) is 6.61 Å². The van der Waals surface area contributed by atoms with Crippen molar-refractivity contribution in [1.29, 1.82) is 0 Å². The molecule has 0 bridgehead atoms. The molecule has 2 heteroatoms. The van der Waals surface area contributed by atoms with Crippen LogP contribution in [0.15, 0.2) is 30.9 Å². The largest absolute Gasteiger partial charge is 0.493 e. The lowest BCUT2D eigenvalue weighted by Crippen LogP contribution is -2.02. The molecule has 0 radical (unpaired) electrons. The lowest BCUT2D eigenvalue weighted by molar-refractivity contribution is 0.101. The molecule has 20 heavy (non-hydrogen) atoms. The van der Waals surface area contributed by atoms with Crippen molar-refractivity contribution in [3.05, 3.63) is 42.0 Å². The van der Waals surface area contributed by atoms with E-state index in [-0.39, 0.29) is 5.78 Å². The summed E-state index contributed by atoms with van der Waals surface area (Å²) in [6.45, 7) is 8.31. The quantitative estimate of drug-likeness (QED) is 0.342. The van der Waals surface area contributed by atoms with Crippen molar-refractivity contribution in [1.82, 2.24) is 0 Å². The summed E-state index contributed by atoms with van der Waals surface area (Å²) in [5.41, 5.74) is 1.78. The summed E-state index contributed by atoms with van der Waals surface area (Å²) in [7, 11) is 0. The molecule has 0 N–H and O–H groups in total.